The third-order valence-electron chi connectivity index (χ3n) is 3.35. The lowest BCUT2D eigenvalue weighted by atomic mass is 9.92. The summed E-state index contributed by atoms with van der Waals surface area (Å²) in [4.78, 5) is 11.9. The fourth-order valence-corrected chi connectivity index (χ4v) is 2.59. The number of nitrogens with one attached hydrogen (secondary N) is 1. The van der Waals surface area contributed by atoms with Crippen molar-refractivity contribution in [2.75, 3.05) is 0 Å². The molecule has 0 heterocycles. The lowest BCUT2D eigenvalue weighted by Gasteiger charge is -2.28. The van der Waals surface area contributed by atoms with E-state index in [1.807, 2.05) is 24.3 Å². The van der Waals surface area contributed by atoms with E-state index in [4.69, 9.17) is 0 Å². The summed E-state index contributed by atoms with van der Waals surface area (Å²) in [6, 6.07) is 7.65. The first kappa shape index (κ1) is 13.6. The number of aliphatic hydroxyl groups is 1. The quantitative estimate of drug-likeness (QED) is 0.900. The van der Waals surface area contributed by atoms with Crippen molar-refractivity contribution in [3.8, 4) is 0 Å². The van der Waals surface area contributed by atoms with Crippen molar-refractivity contribution < 1.29 is 9.90 Å². The zero-order valence-electron chi connectivity index (χ0n) is 10.2. The molecule has 4 heteroatoms. The number of amides is 1. The van der Waals surface area contributed by atoms with Crippen molar-refractivity contribution in [2.24, 2.45) is 0 Å². The van der Waals surface area contributed by atoms with Gasteiger partial charge in [-0.2, -0.15) is 0 Å². The second-order valence-electron chi connectivity index (χ2n) is 4.83. The molecule has 2 rings (SSSR count). The SMILES string of the molecule is O=C(Cc1ccc(Br)cc1)N[C@H]1CCCC[C@H]1O. The van der Waals surface area contributed by atoms with E-state index in [-0.39, 0.29) is 18.1 Å². The number of aliphatic hydroxyl groups excluding tert-OH is 1. The molecule has 98 valence electrons. The predicted molar refractivity (Wildman–Crippen MR) is 74.3 cm³/mol. The molecular formula is C14H18BrNO2. The number of carbonyl (C=O) groups is 1. The normalized spacial score (nSPS) is 23.7. The van der Waals surface area contributed by atoms with Crippen LogP contribution in [0.4, 0.5) is 0 Å². The Morgan fingerprint density at radius 3 is 2.61 bits per heavy atom. The molecule has 1 amide bonds. The summed E-state index contributed by atoms with van der Waals surface area (Å²) in [5, 5.41) is 12.7. The van der Waals surface area contributed by atoms with Gasteiger partial charge in [0.2, 0.25) is 5.91 Å². The van der Waals surface area contributed by atoms with Crippen LogP contribution in [0.2, 0.25) is 0 Å². The number of halogens is 1. The number of rotatable bonds is 3. The average molecular weight is 312 g/mol. The van der Waals surface area contributed by atoms with Gasteiger partial charge in [0.15, 0.2) is 0 Å². The molecule has 2 N–H and O–H groups in total. The highest BCUT2D eigenvalue weighted by atomic mass is 79.9. The summed E-state index contributed by atoms with van der Waals surface area (Å²) < 4.78 is 1.01. The van der Waals surface area contributed by atoms with Gasteiger partial charge in [-0.1, -0.05) is 40.9 Å². The standard InChI is InChI=1S/C14H18BrNO2/c15-11-7-5-10(6-8-11)9-14(18)16-12-3-1-2-4-13(12)17/h5-8,12-13,17H,1-4,9H2,(H,16,18)/t12-,13+/m0/s1. The summed E-state index contributed by atoms with van der Waals surface area (Å²) in [7, 11) is 0. The van der Waals surface area contributed by atoms with Crippen LogP contribution in [-0.4, -0.2) is 23.2 Å². The molecule has 0 spiro atoms. The molecule has 2 atom stereocenters. The molecule has 1 aliphatic rings. The van der Waals surface area contributed by atoms with E-state index in [0.717, 1.165) is 35.7 Å². The molecule has 0 unspecified atom stereocenters. The van der Waals surface area contributed by atoms with Crippen LogP contribution >= 0.6 is 15.9 Å². The smallest absolute Gasteiger partial charge is 0.224 e. The Morgan fingerprint density at radius 2 is 1.94 bits per heavy atom. The number of hydrogen-bond donors (Lipinski definition) is 2. The Balaban J connectivity index is 1.86. The van der Waals surface area contributed by atoms with Gasteiger partial charge in [-0.15, -0.1) is 0 Å². The van der Waals surface area contributed by atoms with Gasteiger partial charge >= 0.3 is 0 Å². The molecule has 0 saturated heterocycles. The minimum absolute atomic E-state index is 0.0109. The first-order chi connectivity index (χ1) is 8.65. The summed E-state index contributed by atoms with van der Waals surface area (Å²) in [5.74, 6) is -0.0109. The van der Waals surface area contributed by atoms with Gasteiger partial charge in [-0.3, -0.25) is 4.79 Å². The maximum Gasteiger partial charge on any atom is 0.224 e. The Kier molecular flexibility index (Phi) is 4.78. The van der Waals surface area contributed by atoms with Crippen LogP contribution in [0.1, 0.15) is 31.2 Å². The molecule has 18 heavy (non-hydrogen) atoms. The zero-order valence-corrected chi connectivity index (χ0v) is 11.8. The summed E-state index contributed by atoms with van der Waals surface area (Å²) in [6.45, 7) is 0. The molecule has 0 radical (unpaired) electrons. The molecule has 1 fully saturated rings. The number of carbonyl (C=O) groups excluding carboxylic acids is 1. The van der Waals surface area contributed by atoms with E-state index in [0.29, 0.717) is 6.42 Å². The molecule has 1 aromatic carbocycles. The second kappa shape index (κ2) is 6.34. The van der Waals surface area contributed by atoms with E-state index in [1.54, 1.807) is 0 Å². The maximum atomic E-state index is 11.9. The van der Waals surface area contributed by atoms with E-state index >= 15 is 0 Å². The second-order valence-corrected chi connectivity index (χ2v) is 5.74. The van der Waals surface area contributed by atoms with Crippen molar-refractivity contribution in [1.29, 1.82) is 0 Å². The Bertz CT molecular complexity index is 405. The molecule has 0 aromatic heterocycles. The fraction of sp³-hybridized carbons (Fsp3) is 0.500. The largest absolute Gasteiger partial charge is 0.391 e. The molecule has 0 bridgehead atoms. The summed E-state index contributed by atoms with van der Waals surface area (Å²) >= 11 is 3.37. The van der Waals surface area contributed by atoms with Crippen molar-refractivity contribution in [2.45, 2.75) is 44.2 Å². The van der Waals surface area contributed by atoms with Crippen LogP contribution < -0.4 is 5.32 Å². The van der Waals surface area contributed by atoms with Gasteiger partial charge < -0.3 is 10.4 Å². The Hall–Kier alpha value is -0.870. The maximum absolute atomic E-state index is 11.9. The third-order valence-corrected chi connectivity index (χ3v) is 3.88. The van der Waals surface area contributed by atoms with E-state index < -0.39 is 0 Å². The summed E-state index contributed by atoms with van der Waals surface area (Å²) in [6.07, 6.45) is 3.81. The van der Waals surface area contributed by atoms with Crippen molar-refractivity contribution in [3.63, 3.8) is 0 Å². The Labute approximate surface area is 116 Å². The minimum Gasteiger partial charge on any atom is -0.391 e. The first-order valence-corrected chi connectivity index (χ1v) is 7.16. The molecule has 0 aliphatic heterocycles. The fourth-order valence-electron chi connectivity index (χ4n) is 2.33. The monoisotopic (exact) mass is 311 g/mol. The van der Waals surface area contributed by atoms with Gasteiger partial charge in [0, 0.05) is 4.47 Å². The predicted octanol–water partition coefficient (Wildman–Crippen LogP) is 2.41. The van der Waals surface area contributed by atoms with Crippen molar-refractivity contribution >= 4 is 21.8 Å². The van der Waals surface area contributed by atoms with Gasteiger partial charge in [-0.05, 0) is 30.5 Å². The number of benzene rings is 1. The van der Waals surface area contributed by atoms with Gasteiger partial charge in [0.1, 0.15) is 0 Å². The summed E-state index contributed by atoms with van der Waals surface area (Å²) in [5.41, 5.74) is 0.987. The van der Waals surface area contributed by atoms with Crippen molar-refractivity contribution in [1.82, 2.24) is 5.32 Å². The van der Waals surface area contributed by atoms with Crippen LogP contribution in [0.25, 0.3) is 0 Å². The van der Waals surface area contributed by atoms with E-state index in [2.05, 4.69) is 21.2 Å². The highest BCUT2D eigenvalue weighted by Gasteiger charge is 2.24. The van der Waals surface area contributed by atoms with Gasteiger partial charge in [0.25, 0.3) is 0 Å². The van der Waals surface area contributed by atoms with Crippen LogP contribution in [-0.2, 0) is 11.2 Å². The van der Waals surface area contributed by atoms with E-state index in [9.17, 15) is 9.90 Å². The first-order valence-electron chi connectivity index (χ1n) is 6.37. The third kappa shape index (κ3) is 3.82. The highest BCUT2D eigenvalue weighted by molar-refractivity contribution is 9.10. The molecular weight excluding hydrogens is 294 g/mol. The zero-order chi connectivity index (χ0) is 13.0. The van der Waals surface area contributed by atoms with Crippen LogP contribution in [0.3, 0.4) is 0 Å². The minimum atomic E-state index is -0.382. The van der Waals surface area contributed by atoms with Crippen LogP contribution in [0, 0.1) is 0 Å². The van der Waals surface area contributed by atoms with Gasteiger partial charge in [-0.25, -0.2) is 0 Å². The average Bonchev–Trinajstić information content (AvgIpc) is 2.35. The van der Waals surface area contributed by atoms with Crippen LogP contribution in [0.15, 0.2) is 28.7 Å². The molecule has 1 aromatic rings. The molecule has 1 saturated carbocycles. The molecule has 3 nitrogen and oxygen atoms in total. The highest BCUT2D eigenvalue weighted by Crippen LogP contribution is 2.18. The number of hydrogen-bond acceptors (Lipinski definition) is 2. The van der Waals surface area contributed by atoms with Crippen LogP contribution in [0.5, 0.6) is 0 Å². The molecule has 1 aliphatic carbocycles. The Morgan fingerprint density at radius 1 is 1.28 bits per heavy atom. The van der Waals surface area contributed by atoms with E-state index in [1.165, 1.54) is 0 Å². The van der Waals surface area contributed by atoms with Crippen molar-refractivity contribution in [3.05, 3.63) is 34.3 Å². The lowest BCUT2D eigenvalue weighted by molar-refractivity contribution is -0.122. The topological polar surface area (TPSA) is 49.3 Å². The lowest BCUT2D eigenvalue weighted by Crippen LogP contribution is -2.45. The van der Waals surface area contributed by atoms with Gasteiger partial charge in [0.05, 0.1) is 18.6 Å².